The van der Waals surface area contributed by atoms with E-state index in [9.17, 15) is 4.79 Å². The summed E-state index contributed by atoms with van der Waals surface area (Å²) in [6, 6.07) is 0. The van der Waals surface area contributed by atoms with E-state index in [0.717, 1.165) is 6.08 Å². The average molecular weight is 164 g/mol. The highest BCUT2D eigenvalue weighted by molar-refractivity contribution is 5.78. The van der Waals surface area contributed by atoms with Gasteiger partial charge < -0.3 is 15.3 Å². The number of aliphatic carboxylic acids is 1. The third kappa shape index (κ3) is 363. The van der Waals surface area contributed by atoms with Crippen LogP contribution in [0.1, 0.15) is 13.8 Å². The van der Waals surface area contributed by atoms with Crippen LogP contribution in [0.5, 0.6) is 0 Å². The molecule has 11 heavy (non-hydrogen) atoms. The van der Waals surface area contributed by atoms with E-state index in [1.54, 1.807) is 13.8 Å². The largest absolute Gasteiger partial charge is 0.478 e. The van der Waals surface area contributed by atoms with Crippen LogP contribution in [-0.2, 0) is 4.79 Å². The predicted molar refractivity (Wildman–Crippen MR) is 43.4 cm³/mol. The van der Waals surface area contributed by atoms with Gasteiger partial charge >= 0.3 is 5.97 Å². The molecule has 0 aliphatic rings. The van der Waals surface area contributed by atoms with Gasteiger partial charge in [-0.05, 0) is 13.8 Å². The van der Waals surface area contributed by atoms with E-state index in [1.807, 2.05) is 0 Å². The highest BCUT2D eigenvalue weighted by Gasteiger charge is 1.73. The van der Waals surface area contributed by atoms with Crippen molar-refractivity contribution in [2.24, 2.45) is 0 Å². The monoisotopic (exact) mass is 164 g/mol. The molecule has 0 saturated carbocycles. The predicted octanol–water partition coefficient (Wildman–Crippen LogP) is 0.254. The number of hydrogen-bond donors (Lipinski definition) is 3. The number of aliphatic hydroxyl groups is 2. The summed E-state index contributed by atoms with van der Waals surface area (Å²) in [5.41, 5.74) is 0. The summed E-state index contributed by atoms with van der Waals surface area (Å²) in [4.78, 5) is 9.25. The normalized spacial score (nSPS) is 6.18. The molecule has 0 aliphatic heterocycles. The lowest BCUT2D eigenvalue weighted by molar-refractivity contribution is -0.131. The van der Waals surface area contributed by atoms with Crippen LogP contribution < -0.4 is 0 Å². The fraction of sp³-hybridized carbons (Fsp3) is 0.571. The summed E-state index contributed by atoms with van der Waals surface area (Å²) in [5, 5.41) is 22.7. The van der Waals surface area contributed by atoms with Gasteiger partial charge in [0.2, 0.25) is 0 Å². The van der Waals surface area contributed by atoms with Crippen molar-refractivity contribution in [3.8, 4) is 0 Å². The van der Waals surface area contributed by atoms with Crippen LogP contribution in [0, 0.1) is 0 Å². The van der Waals surface area contributed by atoms with E-state index in [-0.39, 0.29) is 13.2 Å². The van der Waals surface area contributed by atoms with Gasteiger partial charge in [0.05, 0.1) is 0 Å². The standard InChI is InChI=1S/C3H4O2.2C2H6O/c1-2-3(4)5;2*1-2-3/h2H,1H2,(H,4,5);2*3H,2H2,1H3. The van der Waals surface area contributed by atoms with Crippen molar-refractivity contribution in [1.82, 2.24) is 0 Å². The minimum atomic E-state index is -0.981. The number of carboxylic acids is 1. The van der Waals surface area contributed by atoms with Gasteiger partial charge in [-0.3, -0.25) is 0 Å². The highest BCUT2D eigenvalue weighted by Crippen LogP contribution is 1.54. The maximum atomic E-state index is 9.25. The number of rotatable bonds is 1. The van der Waals surface area contributed by atoms with E-state index in [4.69, 9.17) is 15.3 Å². The van der Waals surface area contributed by atoms with Crippen molar-refractivity contribution >= 4 is 5.97 Å². The molecule has 4 heteroatoms. The van der Waals surface area contributed by atoms with Gasteiger partial charge in [0.25, 0.3) is 0 Å². The summed E-state index contributed by atoms with van der Waals surface area (Å²) < 4.78 is 0. The van der Waals surface area contributed by atoms with Crippen molar-refractivity contribution in [1.29, 1.82) is 0 Å². The van der Waals surface area contributed by atoms with Crippen LogP contribution >= 0.6 is 0 Å². The van der Waals surface area contributed by atoms with Crippen molar-refractivity contribution < 1.29 is 20.1 Å². The first-order valence-electron chi connectivity index (χ1n) is 3.17. The van der Waals surface area contributed by atoms with E-state index < -0.39 is 5.97 Å². The zero-order chi connectivity index (χ0) is 9.70. The van der Waals surface area contributed by atoms with E-state index in [2.05, 4.69) is 6.58 Å². The van der Waals surface area contributed by atoms with Gasteiger partial charge in [0.15, 0.2) is 0 Å². The summed E-state index contributed by atoms with van der Waals surface area (Å²) in [7, 11) is 0. The second-order valence-corrected chi connectivity index (χ2v) is 1.17. The van der Waals surface area contributed by atoms with Crippen LogP contribution in [0.25, 0.3) is 0 Å². The van der Waals surface area contributed by atoms with Gasteiger partial charge in [0.1, 0.15) is 0 Å². The molecule has 0 spiro atoms. The molecular formula is C7H16O4. The Morgan fingerprint density at radius 3 is 1.45 bits per heavy atom. The Morgan fingerprint density at radius 2 is 1.45 bits per heavy atom. The quantitative estimate of drug-likeness (QED) is 0.485. The SMILES string of the molecule is C=CC(=O)O.CCO.CCO. The molecule has 0 heterocycles. The third-order valence-corrected chi connectivity index (χ3v) is 0.175. The van der Waals surface area contributed by atoms with Crippen molar-refractivity contribution in [2.45, 2.75) is 13.8 Å². The lowest BCUT2D eigenvalue weighted by Crippen LogP contribution is -1.82. The van der Waals surface area contributed by atoms with Crippen LogP contribution in [0.3, 0.4) is 0 Å². The zero-order valence-corrected chi connectivity index (χ0v) is 6.95. The van der Waals surface area contributed by atoms with Gasteiger partial charge in [-0.1, -0.05) is 6.58 Å². The Hall–Kier alpha value is -0.870. The van der Waals surface area contributed by atoms with Crippen molar-refractivity contribution in [3.05, 3.63) is 12.7 Å². The molecular weight excluding hydrogens is 148 g/mol. The molecule has 0 aliphatic carbocycles. The van der Waals surface area contributed by atoms with E-state index in [0.29, 0.717) is 0 Å². The molecule has 3 N–H and O–H groups in total. The number of hydrogen-bond acceptors (Lipinski definition) is 3. The van der Waals surface area contributed by atoms with E-state index >= 15 is 0 Å². The van der Waals surface area contributed by atoms with Crippen LogP contribution in [0.2, 0.25) is 0 Å². The Kier molecular flexibility index (Phi) is 34.6. The van der Waals surface area contributed by atoms with Crippen LogP contribution in [0.15, 0.2) is 12.7 Å². The lowest BCUT2D eigenvalue weighted by atomic mass is 10.7. The molecule has 4 nitrogen and oxygen atoms in total. The molecule has 0 saturated heterocycles. The number of aliphatic hydroxyl groups excluding tert-OH is 2. The Balaban J connectivity index is -0.0000000933. The first-order chi connectivity index (χ1) is 5.10. The second-order valence-electron chi connectivity index (χ2n) is 1.17. The minimum Gasteiger partial charge on any atom is -0.478 e. The van der Waals surface area contributed by atoms with Gasteiger partial charge in [-0.25, -0.2) is 4.79 Å². The number of carboxylic acid groups (broad SMARTS) is 1. The minimum absolute atomic E-state index is 0.250. The molecule has 0 aromatic rings. The van der Waals surface area contributed by atoms with Crippen molar-refractivity contribution in [2.75, 3.05) is 13.2 Å². The summed E-state index contributed by atoms with van der Waals surface area (Å²) in [6.07, 6.45) is 0.833. The lowest BCUT2D eigenvalue weighted by Gasteiger charge is -1.64. The molecule has 0 atom stereocenters. The molecule has 0 bridgehead atoms. The van der Waals surface area contributed by atoms with E-state index in [1.165, 1.54) is 0 Å². The average Bonchev–Trinajstić information content (AvgIpc) is 1.91. The van der Waals surface area contributed by atoms with Gasteiger partial charge in [-0.2, -0.15) is 0 Å². The molecule has 0 unspecified atom stereocenters. The van der Waals surface area contributed by atoms with Gasteiger partial charge in [0, 0.05) is 19.3 Å². The smallest absolute Gasteiger partial charge is 0.327 e. The Labute approximate surface area is 66.8 Å². The second kappa shape index (κ2) is 22.9. The molecule has 0 amide bonds. The third-order valence-electron chi connectivity index (χ3n) is 0.175. The maximum absolute atomic E-state index is 9.25. The summed E-state index contributed by atoms with van der Waals surface area (Å²) in [5.74, 6) is -0.981. The Bertz CT molecular complexity index is 78.5. The molecule has 0 rings (SSSR count). The fourth-order valence-corrected chi connectivity index (χ4v) is 0. The maximum Gasteiger partial charge on any atom is 0.327 e. The fourth-order valence-electron chi connectivity index (χ4n) is 0. The summed E-state index contributed by atoms with van der Waals surface area (Å²) >= 11 is 0. The Morgan fingerprint density at radius 1 is 1.36 bits per heavy atom. The topological polar surface area (TPSA) is 77.8 Å². The molecule has 68 valence electrons. The first kappa shape index (κ1) is 16.6. The molecule has 0 radical (unpaired) electrons. The first-order valence-corrected chi connectivity index (χ1v) is 3.17. The van der Waals surface area contributed by atoms with Crippen LogP contribution in [-0.4, -0.2) is 34.5 Å². The molecule has 0 aromatic carbocycles. The highest BCUT2D eigenvalue weighted by atomic mass is 16.4. The molecule has 0 fully saturated rings. The van der Waals surface area contributed by atoms with Crippen molar-refractivity contribution in [3.63, 3.8) is 0 Å². The zero-order valence-electron chi connectivity index (χ0n) is 6.95. The number of carbonyl (C=O) groups is 1. The summed E-state index contributed by atoms with van der Waals surface area (Å²) in [6.45, 7) is 6.82. The van der Waals surface area contributed by atoms with Gasteiger partial charge in [-0.15, -0.1) is 0 Å². The molecule has 0 aromatic heterocycles. The van der Waals surface area contributed by atoms with Crippen LogP contribution in [0.4, 0.5) is 0 Å².